The van der Waals surface area contributed by atoms with Crippen LogP contribution < -0.4 is 0 Å². The number of benzene rings is 1. The monoisotopic (exact) mass is 285 g/mol. The third-order valence-electron chi connectivity index (χ3n) is 2.47. The number of aromatic nitrogens is 2. The zero-order valence-electron chi connectivity index (χ0n) is 9.84. The van der Waals surface area contributed by atoms with E-state index in [9.17, 15) is 14.5 Å². The van der Waals surface area contributed by atoms with Gasteiger partial charge in [0.15, 0.2) is 5.82 Å². The van der Waals surface area contributed by atoms with Crippen molar-refractivity contribution < 1.29 is 13.8 Å². The smallest absolute Gasteiger partial charge is 0.285 e. The Morgan fingerprint density at radius 2 is 2.32 bits per heavy atom. The predicted molar refractivity (Wildman–Crippen MR) is 65.2 cm³/mol. The maximum atomic E-state index is 13.0. The van der Waals surface area contributed by atoms with Crippen LogP contribution in [0.15, 0.2) is 22.7 Å². The average molecular weight is 286 g/mol. The zero-order chi connectivity index (χ0) is 14.0. The fourth-order valence-corrected chi connectivity index (χ4v) is 1.58. The Morgan fingerprint density at radius 3 is 2.95 bits per heavy atom. The second-order valence-corrected chi connectivity index (χ2v) is 4.28. The maximum absolute atomic E-state index is 13.0. The Bertz CT molecular complexity index is 617. The number of hydrogen-bond acceptors (Lipinski definition) is 5. The summed E-state index contributed by atoms with van der Waals surface area (Å²) in [5, 5.41) is 14.1. The second-order valence-electron chi connectivity index (χ2n) is 3.75. The number of hydrogen-bond donors (Lipinski definition) is 0. The first kappa shape index (κ1) is 13.4. The molecule has 0 aliphatic carbocycles. The van der Waals surface area contributed by atoms with Crippen molar-refractivity contribution in [3.8, 4) is 11.5 Å². The molecule has 8 heteroatoms. The predicted octanol–water partition coefficient (Wildman–Crippen LogP) is 3.47. The van der Waals surface area contributed by atoms with Crippen LogP contribution in [0.1, 0.15) is 24.5 Å². The van der Waals surface area contributed by atoms with Gasteiger partial charge in [-0.05, 0) is 18.6 Å². The molecule has 0 amide bonds. The molecule has 0 saturated heterocycles. The Morgan fingerprint density at radius 1 is 1.58 bits per heavy atom. The van der Waals surface area contributed by atoms with Gasteiger partial charge in [-0.15, -0.1) is 11.6 Å². The van der Waals surface area contributed by atoms with Crippen molar-refractivity contribution >= 4 is 17.3 Å². The van der Waals surface area contributed by atoms with Gasteiger partial charge in [-0.25, -0.2) is 4.39 Å². The molecule has 1 aromatic carbocycles. The summed E-state index contributed by atoms with van der Waals surface area (Å²) in [5.41, 5.74) is -0.372. The number of alkyl halides is 1. The number of nitro benzene ring substituents is 1. The summed E-state index contributed by atoms with van der Waals surface area (Å²) in [5.74, 6) is -0.516. The summed E-state index contributed by atoms with van der Waals surface area (Å²) in [6.45, 7) is 1.84. The van der Waals surface area contributed by atoms with Gasteiger partial charge in [0.25, 0.3) is 11.6 Å². The molecule has 1 aromatic heterocycles. The molecule has 0 fully saturated rings. The van der Waals surface area contributed by atoms with Crippen LogP contribution in [-0.4, -0.2) is 15.1 Å². The van der Waals surface area contributed by atoms with Crippen LogP contribution >= 0.6 is 11.6 Å². The summed E-state index contributed by atoms with van der Waals surface area (Å²) >= 11 is 5.94. The molecule has 100 valence electrons. The van der Waals surface area contributed by atoms with E-state index < -0.39 is 21.8 Å². The Hall–Kier alpha value is -2.02. The number of rotatable bonds is 4. The topological polar surface area (TPSA) is 82.1 Å². The van der Waals surface area contributed by atoms with E-state index in [0.717, 1.165) is 12.1 Å². The Kier molecular flexibility index (Phi) is 3.75. The van der Waals surface area contributed by atoms with Crippen LogP contribution in [-0.2, 0) is 0 Å². The molecule has 0 spiro atoms. The van der Waals surface area contributed by atoms with Crippen LogP contribution in [0.3, 0.4) is 0 Å². The summed E-state index contributed by atoms with van der Waals surface area (Å²) in [4.78, 5) is 14.1. The highest BCUT2D eigenvalue weighted by atomic mass is 35.5. The minimum absolute atomic E-state index is 0.0548. The lowest BCUT2D eigenvalue weighted by molar-refractivity contribution is -0.384. The lowest BCUT2D eigenvalue weighted by atomic mass is 10.2. The standard InChI is InChI=1S/C11H9ClFN3O3/c1-2-8(12)10-14-11(19-15-10)7-4-3-6(13)5-9(7)16(17)18/h3-5,8H,2H2,1H3. The van der Waals surface area contributed by atoms with E-state index in [1.165, 1.54) is 6.07 Å². The zero-order valence-corrected chi connectivity index (χ0v) is 10.6. The molecule has 0 aliphatic heterocycles. The lowest BCUT2D eigenvalue weighted by Crippen LogP contribution is -1.94. The first-order chi connectivity index (χ1) is 9.02. The average Bonchev–Trinajstić information content (AvgIpc) is 2.87. The molecule has 0 radical (unpaired) electrons. The summed E-state index contributed by atoms with van der Waals surface area (Å²) < 4.78 is 18.0. The third-order valence-corrected chi connectivity index (χ3v) is 2.97. The fraction of sp³-hybridized carbons (Fsp3) is 0.273. The van der Waals surface area contributed by atoms with Gasteiger partial charge in [0.2, 0.25) is 0 Å². The molecule has 1 unspecified atom stereocenters. The van der Waals surface area contributed by atoms with Gasteiger partial charge in [0.1, 0.15) is 11.4 Å². The molecule has 0 aliphatic rings. The van der Waals surface area contributed by atoms with E-state index in [1.54, 1.807) is 0 Å². The van der Waals surface area contributed by atoms with Gasteiger partial charge in [-0.2, -0.15) is 4.98 Å². The van der Waals surface area contributed by atoms with Crippen LogP contribution in [0.5, 0.6) is 0 Å². The second kappa shape index (κ2) is 5.31. The Labute approximate surface area is 112 Å². The highest BCUT2D eigenvalue weighted by molar-refractivity contribution is 6.20. The van der Waals surface area contributed by atoms with E-state index >= 15 is 0 Å². The maximum Gasteiger partial charge on any atom is 0.285 e. The highest BCUT2D eigenvalue weighted by Crippen LogP contribution is 2.31. The highest BCUT2D eigenvalue weighted by Gasteiger charge is 2.22. The molecule has 6 nitrogen and oxygen atoms in total. The van der Waals surface area contributed by atoms with Crippen LogP contribution in [0, 0.1) is 15.9 Å². The molecule has 0 N–H and O–H groups in total. The summed E-state index contributed by atoms with van der Waals surface area (Å²) in [7, 11) is 0. The quantitative estimate of drug-likeness (QED) is 0.488. The molecule has 19 heavy (non-hydrogen) atoms. The van der Waals surface area contributed by atoms with Crippen LogP contribution in [0.2, 0.25) is 0 Å². The number of halogens is 2. The van der Waals surface area contributed by atoms with E-state index in [-0.39, 0.29) is 17.3 Å². The largest absolute Gasteiger partial charge is 0.334 e. The van der Waals surface area contributed by atoms with Gasteiger partial charge in [-0.1, -0.05) is 12.1 Å². The van der Waals surface area contributed by atoms with Crippen molar-refractivity contribution in [3.05, 3.63) is 40.0 Å². The van der Waals surface area contributed by atoms with Crippen LogP contribution in [0.4, 0.5) is 10.1 Å². The van der Waals surface area contributed by atoms with E-state index in [0.29, 0.717) is 6.42 Å². The summed E-state index contributed by atoms with van der Waals surface area (Å²) in [6, 6.07) is 3.11. The first-order valence-corrected chi connectivity index (χ1v) is 5.88. The van der Waals surface area contributed by atoms with Crippen molar-refractivity contribution in [1.82, 2.24) is 10.1 Å². The van der Waals surface area contributed by atoms with Gasteiger partial charge in [0.05, 0.1) is 16.4 Å². The van der Waals surface area contributed by atoms with Gasteiger partial charge in [-0.3, -0.25) is 10.1 Å². The minimum atomic E-state index is -0.709. The van der Waals surface area contributed by atoms with Crippen LogP contribution in [0.25, 0.3) is 11.5 Å². The van der Waals surface area contributed by atoms with E-state index in [2.05, 4.69) is 10.1 Å². The van der Waals surface area contributed by atoms with Crippen molar-refractivity contribution in [2.24, 2.45) is 0 Å². The van der Waals surface area contributed by atoms with Crippen molar-refractivity contribution in [3.63, 3.8) is 0 Å². The number of nitrogens with zero attached hydrogens (tertiary/aromatic N) is 3. The molecule has 1 heterocycles. The number of nitro groups is 1. The van der Waals surface area contributed by atoms with Gasteiger partial charge < -0.3 is 4.52 Å². The molecule has 2 aromatic rings. The Balaban J connectivity index is 2.47. The SMILES string of the molecule is CCC(Cl)c1noc(-c2ccc(F)cc2[N+](=O)[O-])n1. The van der Waals surface area contributed by atoms with Crippen molar-refractivity contribution in [2.75, 3.05) is 0 Å². The van der Waals surface area contributed by atoms with E-state index in [4.69, 9.17) is 16.1 Å². The molecule has 0 saturated carbocycles. The molecular weight excluding hydrogens is 277 g/mol. The first-order valence-electron chi connectivity index (χ1n) is 5.45. The summed E-state index contributed by atoms with van der Waals surface area (Å²) in [6.07, 6.45) is 0.589. The van der Waals surface area contributed by atoms with Gasteiger partial charge >= 0.3 is 0 Å². The fourth-order valence-electron chi connectivity index (χ4n) is 1.49. The van der Waals surface area contributed by atoms with Crippen molar-refractivity contribution in [1.29, 1.82) is 0 Å². The molecule has 1 atom stereocenters. The lowest BCUT2D eigenvalue weighted by Gasteiger charge is -1.98. The normalized spacial score (nSPS) is 12.4. The van der Waals surface area contributed by atoms with Gasteiger partial charge in [0, 0.05) is 0 Å². The molecule has 2 rings (SSSR count). The van der Waals surface area contributed by atoms with E-state index in [1.807, 2.05) is 6.92 Å². The van der Waals surface area contributed by atoms with Crippen molar-refractivity contribution in [2.45, 2.75) is 18.7 Å². The molecular formula is C11H9ClFN3O3. The third kappa shape index (κ3) is 2.70. The molecule has 0 bridgehead atoms. The minimum Gasteiger partial charge on any atom is -0.334 e.